The Balaban J connectivity index is 2.95. The van der Waals surface area contributed by atoms with Crippen LogP contribution in [0.25, 0.3) is 0 Å². The number of aryl methyl sites for hydroxylation is 1. The van der Waals surface area contributed by atoms with Crippen molar-refractivity contribution in [1.29, 1.82) is 0 Å². The molecule has 0 amide bonds. The van der Waals surface area contributed by atoms with E-state index in [1.54, 1.807) is 0 Å². The first-order valence-corrected chi connectivity index (χ1v) is 4.21. The van der Waals surface area contributed by atoms with Crippen molar-refractivity contribution in [2.45, 2.75) is 32.7 Å². The van der Waals surface area contributed by atoms with E-state index < -0.39 is 18.9 Å². The smallest absolute Gasteiger partial charge is 0.326 e. The minimum Gasteiger partial charge on any atom is -0.396 e. The third-order valence-electron chi connectivity index (χ3n) is 2.12. The summed E-state index contributed by atoms with van der Waals surface area (Å²) in [6.45, 7) is 1.82. The first kappa shape index (κ1) is 11.8. The molecule has 0 atom stereocenters. The summed E-state index contributed by atoms with van der Waals surface area (Å²) < 4.78 is 50.0. The number of anilines is 1. The van der Waals surface area contributed by atoms with E-state index in [1.807, 2.05) is 0 Å². The number of nitrogens with two attached hydrogens (primary N) is 1. The molecule has 15 heavy (non-hydrogen) atoms. The van der Waals surface area contributed by atoms with E-state index in [0.717, 1.165) is 4.68 Å². The molecule has 0 fully saturated rings. The molecule has 7 heteroatoms. The fourth-order valence-electron chi connectivity index (χ4n) is 1.13. The number of rotatable bonds is 3. The molecule has 0 aliphatic heterocycles. The van der Waals surface area contributed by atoms with Crippen LogP contribution in [0.1, 0.15) is 11.4 Å². The molecule has 0 bridgehead atoms. The zero-order valence-corrected chi connectivity index (χ0v) is 8.27. The van der Waals surface area contributed by atoms with Crippen molar-refractivity contribution in [3.05, 3.63) is 11.4 Å². The van der Waals surface area contributed by atoms with Crippen molar-refractivity contribution in [3.63, 3.8) is 0 Å². The molecule has 1 aromatic heterocycles. The molecule has 1 rings (SSSR count). The molecule has 3 nitrogen and oxygen atoms in total. The lowest BCUT2D eigenvalue weighted by Crippen LogP contribution is -2.33. The normalized spacial score (nSPS) is 12.5. The number of halogens is 4. The van der Waals surface area contributed by atoms with E-state index in [4.69, 9.17) is 5.73 Å². The second-order valence-corrected chi connectivity index (χ2v) is 3.30. The standard InChI is InChI=1S/C8H11F4N3/c1-4-6(13)5(2)15(14-4)3-8(11,12)7(9)10/h7H,3,13H2,1-2H3. The highest BCUT2D eigenvalue weighted by molar-refractivity contribution is 5.46. The Labute approximate surface area is 83.9 Å². The Hall–Kier alpha value is -1.27. The monoisotopic (exact) mass is 225 g/mol. The molecular formula is C8H11F4N3. The van der Waals surface area contributed by atoms with Gasteiger partial charge in [0.1, 0.15) is 6.54 Å². The van der Waals surface area contributed by atoms with Gasteiger partial charge in [-0.25, -0.2) is 8.78 Å². The van der Waals surface area contributed by atoms with E-state index in [0.29, 0.717) is 5.69 Å². The predicted molar refractivity (Wildman–Crippen MR) is 47.1 cm³/mol. The van der Waals surface area contributed by atoms with E-state index in [-0.39, 0.29) is 11.4 Å². The van der Waals surface area contributed by atoms with Crippen LogP contribution in [-0.2, 0) is 6.54 Å². The fraction of sp³-hybridized carbons (Fsp3) is 0.625. The Morgan fingerprint density at radius 2 is 1.93 bits per heavy atom. The average molecular weight is 225 g/mol. The topological polar surface area (TPSA) is 43.8 Å². The first-order valence-electron chi connectivity index (χ1n) is 4.21. The van der Waals surface area contributed by atoms with Crippen LogP contribution < -0.4 is 5.73 Å². The van der Waals surface area contributed by atoms with Crippen LogP contribution in [0.2, 0.25) is 0 Å². The van der Waals surface area contributed by atoms with Gasteiger partial charge >= 0.3 is 12.3 Å². The lowest BCUT2D eigenvalue weighted by Gasteiger charge is -2.15. The van der Waals surface area contributed by atoms with Gasteiger partial charge in [-0.15, -0.1) is 0 Å². The summed E-state index contributed by atoms with van der Waals surface area (Å²) in [6, 6.07) is 0. The number of nitrogen functional groups attached to an aromatic ring is 1. The van der Waals surface area contributed by atoms with Gasteiger partial charge in [-0.1, -0.05) is 0 Å². The molecule has 0 saturated heterocycles. The van der Waals surface area contributed by atoms with Crippen molar-refractivity contribution in [1.82, 2.24) is 9.78 Å². The number of hydrogen-bond donors (Lipinski definition) is 1. The van der Waals surface area contributed by atoms with E-state index in [1.165, 1.54) is 13.8 Å². The molecule has 0 saturated carbocycles. The van der Waals surface area contributed by atoms with Crippen molar-refractivity contribution in [2.24, 2.45) is 0 Å². The Morgan fingerprint density at radius 3 is 2.27 bits per heavy atom. The quantitative estimate of drug-likeness (QED) is 0.799. The van der Waals surface area contributed by atoms with Gasteiger partial charge in [0.05, 0.1) is 17.1 Å². The Bertz CT molecular complexity index is 359. The van der Waals surface area contributed by atoms with Gasteiger partial charge in [-0.2, -0.15) is 13.9 Å². The summed E-state index contributed by atoms with van der Waals surface area (Å²) in [4.78, 5) is 0. The number of aromatic nitrogens is 2. The number of alkyl halides is 4. The van der Waals surface area contributed by atoms with Gasteiger partial charge in [0, 0.05) is 0 Å². The molecule has 1 heterocycles. The Morgan fingerprint density at radius 1 is 1.40 bits per heavy atom. The highest BCUT2D eigenvalue weighted by atomic mass is 19.3. The molecule has 0 radical (unpaired) electrons. The number of hydrogen-bond acceptors (Lipinski definition) is 2. The van der Waals surface area contributed by atoms with Crippen LogP contribution in [0.5, 0.6) is 0 Å². The summed E-state index contributed by atoms with van der Waals surface area (Å²) in [5.41, 5.74) is 6.36. The molecule has 0 spiro atoms. The van der Waals surface area contributed by atoms with E-state index in [9.17, 15) is 17.6 Å². The average Bonchev–Trinajstić information content (AvgIpc) is 2.33. The zero-order chi connectivity index (χ0) is 11.8. The van der Waals surface area contributed by atoms with Crippen molar-refractivity contribution < 1.29 is 17.6 Å². The highest BCUT2D eigenvalue weighted by Crippen LogP contribution is 2.26. The molecular weight excluding hydrogens is 214 g/mol. The summed E-state index contributed by atoms with van der Waals surface area (Å²) in [6.07, 6.45) is -3.71. The maximum absolute atomic E-state index is 12.7. The second kappa shape index (κ2) is 3.71. The third-order valence-corrected chi connectivity index (χ3v) is 2.12. The predicted octanol–water partition coefficient (Wildman–Crippen LogP) is 1.98. The van der Waals surface area contributed by atoms with Gasteiger partial charge < -0.3 is 5.73 Å². The largest absolute Gasteiger partial charge is 0.396 e. The molecule has 0 aliphatic rings. The van der Waals surface area contributed by atoms with Gasteiger partial charge in [0.25, 0.3) is 0 Å². The van der Waals surface area contributed by atoms with Gasteiger partial charge in [-0.05, 0) is 13.8 Å². The minimum absolute atomic E-state index is 0.250. The lowest BCUT2D eigenvalue weighted by molar-refractivity contribution is -0.139. The molecule has 0 aliphatic carbocycles. The molecule has 86 valence electrons. The second-order valence-electron chi connectivity index (χ2n) is 3.30. The van der Waals surface area contributed by atoms with Crippen LogP contribution >= 0.6 is 0 Å². The minimum atomic E-state index is -4.09. The molecule has 0 aromatic carbocycles. The molecule has 0 unspecified atom stereocenters. The fourth-order valence-corrected chi connectivity index (χ4v) is 1.13. The first-order chi connectivity index (χ1) is 6.75. The van der Waals surface area contributed by atoms with E-state index >= 15 is 0 Å². The maximum Gasteiger partial charge on any atom is 0.326 e. The van der Waals surface area contributed by atoms with Gasteiger partial charge in [0.2, 0.25) is 0 Å². The lowest BCUT2D eigenvalue weighted by atomic mass is 10.3. The van der Waals surface area contributed by atoms with Crippen molar-refractivity contribution >= 4 is 5.69 Å². The molecule has 2 N–H and O–H groups in total. The molecule has 1 aromatic rings. The maximum atomic E-state index is 12.7. The van der Waals surface area contributed by atoms with Crippen LogP contribution in [0, 0.1) is 13.8 Å². The number of nitrogens with zero attached hydrogens (tertiary/aromatic N) is 2. The van der Waals surface area contributed by atoms with Crippen LogP contribution in [-0.4, -0.2) is 22.1 Å². The summed E-state index contributed by atoms with van der Waals surface area (Å²) in [7, 11) is 0. The van der Waals surface area contributed by atoms with Crippen LogP contribution in [0.3, 0.4) is 0 Å². The third kappa shape index (κ3) is 2.21. The zero-order valence-electron chi connectivity index (χ0n) is 8.27. The van der Waals surface area contributed by atoms with Gasteiger partial charge in [0.15, 0.2) is 0 Å². The van der Waals surface area contributed by atoms with Crippen molar-refractivity contribution in [3.8, 4) is 0 Å². The van der Waals surface area contributed by atoms with Crippen LogP contribution in [0.4, 0.5) is 23.2 Å². The summed E-state index contributed by atoms with van der Waals surface area (Å²) in [5.74, 6) is -4.09. The van der Waals surface area contributed by atoms with Crippen molar-refractivity contribution in [2.75, 3.05) is 5.73 Å². The van der Waals surface area contributed by atoms with Gasteiger partial charge in [-0.3, -0.25) is 4.68 Å². The summed E-state index contributed by atoms with van der Waals surface area (Å²) >= 11 is 0. The van der Waals surface area contributed by atoms with Crippen LogP contribution in [0.15, 0.2) is 0 Å². The van der Waals surface area contributed by atoms with E-state index in [2.05, 4.69) is 5.10 Å². The Kier molecular flexibility index (Phi) is 2.92. The SMILES string of the molecule is Cc1nn(CC(F)(F)C(F)F)c(C)c1N. The highest BCUT2D eigenvalue weighted by Gasteiger charge is 2.41. The summed E-state index contributed by atoms with van der Waals surface area (Å²) in [5, 5.41) is 3.66.